The zero-order valence-electron chi connectivity index (χ0n) is 11.2. The van der Waals surface area contributed by atoms with Crippen LogP contribution < -0.4 is 4.74 Å². The summed E-state index contributed by atoms with van der Waals surface area (Å²) in [6.45, 7) is 3.66. The molecule has 0 radical (unpaired) electrons. The minimum absolute atomic E-state index is 0.252. The molecule has 1 aliphatic heterocycles. The maximum Gasteiger partial charge on any atom is 0.415 e. The molecule has 18 heavy (non-hydrogen) atoms. The molecule has 98 valence electrons. The molecule has 0 aromatic heterocycles. The molecular weight excluding hydrogens is 228 g/mol. The molecule has 1 saturated heterocycles. The third kappa shape index (κ3) is 2.82. The first-order valence-electron chi connectivity index (χ1n) is 6.26. The van der Waals surface area contributed by atoms with Crippen molar-refractivity contribution < 1.29 is 9.53 Å². The standard InChI is InChI=1S/C14H20N2O2/c1-11-9-16(10-13(11)15(2)3)14(17)18-12-7-5-4-6-8-12/h4-8,11,13H,9-10H2,1-3H3. The van der Waals surface area contributed by atoms with E-state index in [0.29, 0.717) is 17.7 Å². The number of carbonyl (C=O) groups excluding carboxylic acids is 1. The lowest BCUT2D eigenvalue weighted by Gasteiger charge is -2.22. The summed E-state index contributed by atoms with van der Waals surface area (Å²) in [5.74, 6) is 1.08. The Morgan fingerprint density at radius 1 is 1.28 bits per heavy atom. The molecule has 1 amide bonds. The van der Waals surface area contributed by atoms with E-state index in [0.717, 1.165) is 13.1 Å². The summed E-state index contributed by atoms with van der Waals surface area (Å²) in [7, 11) is 4.10. The van der Waals surface area contributed by atoms with E-state index in [1.54, 1.807) is 17.0 Å². The van der Waals surface area contributed by atoms with Gasteiger partial charge in [-0.15, -0.1) is 0 Å². The van der Waals surface area contributed by atoms with E-state index in [-0.39, 0.29) is 6.09 Å². The van der Waals surface area contributed by atoms with Crippen LogP contribution in [-0.2, 0) is 0 Å². The van der Waals surface area contributed by atoms with E-state index < -0.39 is 0 Å². The molecule has 1 aliphatic rings. The van der Waals surface area contributed by atoms with E-state index in [9.17, 15) is 4.79 Å². The zero-order chi connectivity index (χ0) is 13.1. The van der Waals surface area contributed by atoms with E-state index in [1.807, 2.05) is 32.3 Å². The number of rotatable bonds is 2. The third-order valence-corrected chi connectivity index (χ3v) is 3.44. The molecule has 4 nitrogen and oxygen atoms in total. The number of likely N-dealkylation sites (N-methyl/N-ethyl adjacent to an activating group) is 1. The van der Waals surface area contributed by atoms with Gasteiger partial charge in [0.25, 0.3) is 0 Å². The Kier molecular flexibility index (Phi) is 3.87. The van der Waals surface area contributed by atoms with Crippen LogP contribution in [0, 0.1) is 5.92 Å². The minimum Gasteiger partial charge on any atom is -0.410 e. The van der Waals surface area contributed by atoms with Crippen LogP contribution in [0.3, 0.4) is 0 Å². The van der Waals surface area contributed by atoms with Crippen molar-refractivity contribution in [2.45, 2.75) is 13.0 Å². The van der Waals surface area contributed by atoms with Gasteiger partial charge in [-0.3, -0.25) is 0 Å². The first kappa shape index (κ1) is 12.9. The number of ether oxygens (including phenoxy) is 1. The van der Waals surface area contributed by atoms with Gasteiger partial charge in [0, 0.05) is 19.1 Å². The topological polar surface area (TPSA) is 32.8 Å². The summed E-state index contributed by atoms with van der Waals surface area (Å²) in [4.78, 5) is 16.0. The minimum atomic E-state index is -0.252. The second-order valence-corrected chi connectivity index (χ2v) is 5.09. The highest BCUT2D eigenvalue weighted by atomic mass is 16.6. The third-order valence-electron chi connectivity index (χ3n) is 3.44. The van der Waals surface area contributed by atoms with E-state index >= 15 is 0 Å². The Labute approximate surface area is 108 Å². The number of hydrogen-bond acceptors (Lipinski definition) is 3. The summed E-state index contributed by atoms with van der Waals surface area (Å²) >= 11 is 0. The van der Waals surface area contributed by atoms with Gasteiger partial charge >= 0.3 is 6.09 Å². The van der Waals surface area contributed by atoms with Gasteiger partial charge in [0.2, 0.25) is 0 Å². The van der Waals surface area contributed by atoms with Crippen molar-refractivity contribution in [2.24, 2.45) is 5.92 Å². The van der Waals surface area contributed by atoms with Crippen molar-refractivity contribution in [2.75, 3.05) is 27.2 Å². The number of hydrogen-bond donors (Lipinski definition) is 0. The summed E-state index contributed by atoms with van der Waals surface area (Å²) in [5.41, 5.74) is 0. The maximum atomic E-state index is 12.0. The van der Waals surface area contributed by atoms with Crippen molar-refractivity contribution in [1.29, 1.82) is 0 Å². The van der Waals surface area contributed by atoms with Crippen molar-refractivity contribution in [3.8, 4) is 5.75 Å². The van der Waals surface area contributed by atoms with Crippen LogP contribution in [0.1, 0.15) is 6.92 Å². The first-order valence-corrected chi connectivity index (χ1v) is 6.26. The number of amides is 1. The van der Waals surface area contributed by atoms with Crippen LogP contribution in [-0.4, -0.2) is 49.1 Å². The number of para-hydroxylation sites is 1. The van der Waals surface area contributed by atoms with Gasteiger partial charge in [0.15, 0.2) is 0 Å². The quantitative estimate of drug-likeness (QED) is 0.803. The van der Waals surface area contributed by atoms with E-state index in [2.05, 4.69) is 11.8 Å². The monoisotopic (exact) mass is 248 g/mol. The van der Waals surface area contributed by atoms with Crippen LogP contribution in [0.5, 0.6) is 5.75 Å². The highest BCUT2D eigenvalue weighted by molar-refractivity contribution is 5.71. The van der Waals surface area contributed by atoms with Crippen molar-refractivity contribution >= 4 is 6.09 Å². The summed E-state index contributed by atoms with van der Waals surface area (Å²) in [6, 6.07) is 9.61. The van der Waals surface area contributed by atoms with Gasteiger partial charge in [0.05, 0.1) is 0 Å². The molecule has 1 aromatic carbocycles. The number of benzene rings is 1. The lowest BCUT2D eigenvalue weighted by Crippen LogP contribution is -2.36. The Morgan fingerprint density at radius 3 is 2.50 bits per heavy atom. The van der Waals surface area contributed by atoms with Gasteiger partial charge in [-0.05, 0) is 32.1 Å². The fraction of sp³-hybridized carbons (Fsp3) is 0.500. The van der Waals surface area contributed by atoms with E-state index in [1.165, 1.54) is 0 Å². The van der Waals surface area contributed by atoms with Gasteiger partial charge in [0.1, 0.15) is 5.75 Å². The molecule has 0 saturated carbocycles. The lowest BCUT2D eigenvalue weighted by atomic mass is 10.1. The molecule has 2 rings (SSSR count). The van der Waals surface area contributed by atoms with Crippen molar-refractivity contribution in [1.82, 2.24) is 9.80 Å². The Balaban J connectivity index is 1.95. The van der Waals surface area contributed by atoms with E-state index in [4.69, 9.17) is 4.74 Å². The molecule has 1 aromatic rings. The molecule has 1 fully saturated rings. The van der Waals surface area contributed by atoms with Crippen LogP contribution in [0.25, 0.3) is 0 Å². The highest BCUT2D eigenvalue weighted by Crippen LogP contribution is 2.21. The Bertz CT molecular complexity index is 406. The highest BCUT2D eigenvalue weighted by Gasteiger charge is 2.34. The summed E-state index contributed by atoms with van der Waals surface area (Å²) in [6.07, 6.45) is -0.252. The van der Waals surface area contributed by atoms with Crippen molar-refractivity contribution in [3.63, 3.8) is 0 Å². The first-order chi connectivity index (χ1) is 8.58. The van der Waals surface area contributed by atoms with Crippen LogP contribution in [0.2, 0.25) is 0 Å². The fourth-order valence-corrected chi connectivity index (χ4v) is 2.42. The molecular formula is C14H20N2O2. The van der Waals surface area contributed by atoms with Gasteiger partial charge < -0.3 is 14.5 Å². The molecule has 0 spiro atoms. The number of nitrogens with zero attached hydrogens (tertiary/aromatic N) is 2. The number of carbonyl (C=O) groups is 1. The maximum absolute atomic E-state index is 12.0. The largest absolute Gasteiger partial charge is 0.415 e. The normalized spacial score (nSPS) is 23.4. The van der Waals surface area contributed by atoms with Crippen LogP contribution >= 0.6 is 0 Å². The fourth-order valence-electron chi connectivity index (χ4n) is 2.42. The smallest absolute Gasteiger partial charge is 0.410 e. The molecule has 0 bridgehead atoms. The Hall–Kier alpha value is -1.55. The molecule has 0 N–H and O–H groups in total. The zero-order valence-corrected chi connectivity index (χ0v) is 11.2. The Morgan fingerprint density at radius 2 is 1.94 bits per heavy atom. The van der Waals surface area contributed by atoms with Gasteiger partial charge in [-0.25, -0.2) is 4.79 Å². The predicted octanol–water partition coefficient (Wildman–Crippen LogP) is 2.07. The van der Waals surface area contributed by atoms with Crippen molar-refractivity contribution in [3.05, 3.63) is 30.3 Å². The average Bonchev–Trinajstić information content (AvgIpc) is 2.73. The predicted molar refractivity (Wildman–Crippen MR) is 70.7 cm³/mol. The molecule has 2 atom stereocenters. The molecule has 2 unspecified atom stereocenters. The average molecular weight is 248 g/mol. The SMILES string of the molecule is CC1CN(C(=O)Oc2ccccc2)CC1N(C)C. The molecule has 0 aliphatic carbocycles. The van der Waals surface area contributed by atoms with Gasteiger partial charge in [-0.1, -0.05) is 25.1 Å². The van der Waals surface area contributed by atoms with Crippen LogP contribution in [0.15, 0.2) is 30.3 Å². The summed E-state index contributed by atoms with van der Waals surface area (Å²) < 4.78 is 5.34. The van der Waals surface area contributed by atoms with Crippen LogP contribution in [0.4, 0.5) is 4.79 Å². The number of likely N-dealkylation sites (tertiary alicyclic amines) is 1. The molecule has 4 heteroatoms. The second-order valence-electron chi connectivity index (χ2n) is 5.09. The second kappa shape index (κ2) is 5.40. The molecule has 1 heterocycles. The summed E-state index contributed by atoms with van der Waals surface area (Å²) in [5, 5.41) is 0. The van der Waals surface area contributed by atoms with Gasteiger partial charge in [-0.2, -0.15) is 0 Å². The lowest BCUT2D eigenvalue weighted by molar-refractivity contribution is 0.158.